The van der Waals surface area contributed by atoms with Crippen LogP contribution in [0.3, 0.4) is 0 Å². The van der Waals surface area contributed by atoms with Crippen molar-refractivity contribution in [2.45, 2.75) is 361 Å². The van der Waals surface area contributed by atoms with Gasteiger partial charge in [0.05, 0.1) is 0 Å². The summed E-state index contributed by atoms with van der Waals surface area (Å²) in [7, 11) is 0. The zero-order valence-corrected chi connectivity index (χ0v) is 51.5. The molecule has 6 heteroatoms. The zero-order valence-electron chi connectivity index (χ0n) is 51.5. The van der Waals surface area contributed by atoms with Gasteiger partial charge in [0.25, 0.3) is 0 Å². The molecule has 6 nitrogen and oxygen atoms in total. The van der Waals surface area contributed by atoms with Gasteiger partial charge >= 0.3 is 17.9 Å². The molecular formula is C71H128O6. The first kappa shape index (κ1) is 74.1. The Morgan fingerprint density at radius 3 is 0.740 bits per heavy atom. The van der Waals surface area contributed by atoms with Gasteiger partial charge in [-0.2, -0.15) is 0 Å². The third-order valence-corrected chi connectivity index (χ3v) is 15.0. The number of ether oxygens (including phenoxy) is 3. The van der Waals surface area contributed by atoms with Gasteiger partial charge in [-0.25, -0.2) is 0 Å². The summed E-state index contributed by atoms with van der Waals surface area (Å²) in [6.45, 7) is 6.64. The Morgan fingerprint density at radius 1 is 0.260 bits per heavy atom. The topological polar surface area (TPSA) is 78.9 Å². The Kier molecular flexibility index (Phi) is 63.2. The molecule has 0 radical (unpaired) electrons. The lowest BCUT2D eigenvalue weighted by Crippen LogP contribution is -2.30. The van der Waals surface area contributed by atoms with E-state index in [9.17, 15) is 14.4 Å². The van der Waals surface area contributed by atoms with Crippen LogP contribution in [0.15, 0.2) is 60.8 Å². The minimum absolute atomic E-state index is 0.0771. The van der Waals surface area contributed by atoms with Crippen molar-refractivity contribution in [3.63, 3.8) is 0 Å². The van der Waals surface area contributed by atoms with Crippen LogP contribution in [-0.4, -0.2) is 37.2 Å². The van der Waals surface area contributed by atoms with Crippen LogP contribution in [0.5, 0.6) is 0 Å². The largest absolute Gasteiger partial charge is 0.462 e. The van der Waals surface area contributed by atoms with E-state index in [-0.39, 0.29) is 31.1 Å². The van der Waals surface area contributed by atoms with E-state index in [4.69, 9.17) is 14.2 Å². The molecule has 0 aliphatic carbocycles. The molecule has 0 heterocycles. The molecule has 448 valence electrons. The van der Waals surface area contributed by atoms with Gasteiger partial charge < -0.3 is 14.2 Å². The van der Waals surface area contributed by atoms with Crippen LogP contribution in [0.2, 0.25) is 0 Å². The molecule has 0 bridgehead atoms. The number of carbonyl (C=O) groups is 3. The van der Waals surface area contributed by atoms with Gasteiger partial charge in [-0.15, -0.1) is 0 Å². The molecule has 0 spiro atoms. The number of hydrogen-bond donors (Lipinski definition) is 0. The van der Waals surface area contributed by atoms with E-state index in [2.05, 4.69) is 81.5 Å². The fraction of sp³-hybridized carbons (Fsp3) is 0.817. The second kappa shape index (κ2) is 65.6. The van der Waals surface area contributed by atoms with Crippen LogP contribution in [-0.2, 0) is 28.6 Å². The summed E-state index contributed by atoms with van der Waals surface area (Å²) in [4.78, 5) is 38.3. The monoisotopic (exact) mass is 1080 g/mol. The zero-order chi connectivity index (χ0) is 55.7. The minimum atomic E-state index is -0.781. The van der Waals surface area contributed by atoms with Crippen molar-refractivity contribution in [1.29, 1.82) is 0 Å². The van der Waals surface area contributed by atoms with Gasteiger partial charge in [-0.1, -0.05) is 287 Å². The van der Waals surface area contributed by atoms with Crippen molar-refractivity contribution in [2.24, 2.45) is 0 Å². The minimum Gasteiger partial charge on any atom is -0.462 e. The maximum absolute atomic E-state index is 12.9. The average Bonchev–Trinajstić information content (AvgIpc) is 3.43. The van der Waals surface area contributed by atoms with Crippen molar-refractivity contribution >= 4 is 17.9 Å². The summed E-state index contributed by atoms with van der Waals surface area (Å²) in [5.41, 5.74) is 0. The van der Waals surface area contributed by atoms with Gasteiger partial charge in [0, 0.05) is 19.3 Å². The normalized spacial score (nSPS) is 12.4. The van der Waals surface area contributed by atoms with Crippen LogP contribution < -0.4 is 0 Å². The Bertz CT molecular complexity index is 1380. The number of esters is 3. The van der Waals surface area contributed by atoms with Crippen LogP contribution >= 0.6 is 0 Å². The first-order chi connectivity index (χ1) is 38.0. The molecular weight excluding hydrogens is 949 g/mol. The fourth-order valence-corrected chi connectivity index (χ4v) is 9.85. The van der Waals surface area contributed by atoms with E-state index in [0.29, 0.717) is 19.3 Å². The summed E-state index contributed by atoms with van der Waals surface area (Å²) in [5.74, 6) is -0.877. The second-order valence-corrected chi connectivity index (χ2v) is 22.7. The third-order valence-electron chi connectivity index (χ3n) is 15.0. The molecule has 0 aliphatic heterocycles. The van der Waals surface area contributed by atoms with Crippen molar-refractivity contribution in [2.75, 3.05) is 13.2 Å². The maximum Gasteiger partial charge on any atom is 0.306 e. The average molecular weight is 1080 g/mol. The Hall–Kier alpha value is -2.89. The van der Waals surface area contributed by atoms with E-state index >= 15 is 0 Å². The number of hydrogen-bond acceptors (Lipinski definition) is 6. The Labute approximate surface area is 479 Å². The predicted octanol–water partition coefficient (Wildman–Crippen LogP) is 23.1. The summed E-state index contributed by atoms with van der Waals surface area (Å²) in [6.07, 6.45) is 83.9. The van der Waals surface area contributed by atoms with Crippen LogP contribution in [0.1, 0.15) is 355 Å². The van der Waals surface area contributed by atoms with Gasteiger partial charge in [-0.05, 0) is 109 Å². The molecule has 0 aromatic carbocycles. The van der Waals surface area contributed by atoms with Crippen LogP contribution in [0.4, 0.5) is 0 Å². The van der Waals surface area contributed by atoms with E-state index in [1.54, 1.807) is 0 Å². The summed E-state index contributed by atoms with van der Waals surface area (Å²) in [5, 5.41) is 0. The van der Waals surface area contributed by atoms with Crippen molar-refractivity contribution < 1.29 is 28.6 Å². The predicted molar refractivity (Wildman–Crippen MR) is 335 cm³/mol. The highest BCUT2D eigenvalue weighted by Crippen LogP contribution is 2.17. The van der Waals surface area contributed by atoms with Crippen molar-refractivity contribution in [3.05, 3.63) is 60.8 Å². The molecule has 0 aromatic rings. The SMILES string of the molecule is CCCCCCC/C=C\C/C=C\C/C=C\CCCCCCCCCCCCCCCCCCC(=O)OCC(COC(=O)CCCCCCC/C=C\CCCCCCC)OC(=O)CCCCCCC/C=C\CCCCCCC. The first-order valence-corrected chi connectivity index (χ1v) is 33.8. The summed E-state index contributed by atoms with van der Waals surface area (Å²) < 4.78 is 16.9. The molecule has 0 saturated carbocycles. The summed E-state index contributed by atoms with van der Waals surface area (Å²) >= 11 is 0. The quantitative estimate of drug-likeness (QED) is 0.0261. The van der Waals surface area contributed by atoms with Gasteiger partial charge in [0.1, 0.15) is 13.2 Å². The third kappa shape index (κ3) is 63.8. The smallest absolute Gasteiger partial charge is 0.306 e. The number of allylic oxidation sites excluding steroid dienone is 10. The van der Waals surface area contributed by atoms with E-state index < -0.39 is 6.10 Å². The molecule has 0 aromatic heterocycles. The maximum atomic E-state index is 12.9. The Morgan fingerprint density at radius 2 is 0.468 bits per heavy atom. The molecule has 0 aliphatic rings. The van der Waals surface area contributed by atoms with E-state index in [1.165, 1.54) is 225 Å². The standard InChI is InChI=1S/C71H128O6/c1-4-7-10-13-16-19-22-25-28-29-30-31-32-33-34-35-36-37-38-39-40-41-42-43-44-47-49-52-55-58-61-64-70(73)76-67-68(77-71(74)65-62-59-56-53-50-46-27-24-21-18-15-12-9-6-3)66-75-69(72)63-60-57-54-51-48-45-26-23-20-17-14-11-8-5-2/h22-27,29-30,32-33,68H,4-21,28,31,34-67H2,1-3H3/b25-22-,26-23-,27-24-,30-29-,33-32-. The highest BCUT2D eigenvalue weighted by molar-refractivity contribution is 5.71. The van der Waals surface area contributed by atoms with Gasteiger partial charge in [-0.3, -0.25) is 14.4 Å². The lowest BCUT2D eigenvalue weighted by atomic mass is 10.0. The Balaban J connectivity index is 4.17. The highest BCUT2D eigenvalue weighted by Gasteiger charge is 2.19. The first-order valence-electron chi connectivity index (χ1n) is 33.8. The van der Waals surface area contributed by atoms with E-state index in [0.717, 1.165) is 89.9 Å². The molecule has 0 rings (SSSR count). The van der Waals surface area contributed by atoms with Crippen LogP contribution in [0.25, 0.3) is 0 Å². The van der Waals surface area contributed by atoms with Gasteiger partial charge in [0.15, 0.2) is 6.10 Å². The molecule has 0 N–H and O–H groups in total. The summed E-state index contributed by atoms with van der Waals surface area (Å²) in [6, 6.07) is 0. The number of rotatable bonds is 62. The number of carbonyl (C=O) groups excluding carboxylic acids is 3. The molecule has 1 atom stereocenters. The van der Waals surface area contributed by atoms with Crippen LogP contribution in [0, 0.1) is 0 Å². The fourth-order valence-electron chi connectivity index (χ4n) is 9.85. The van der Waals surface area contributed by atoms with E-state index in [1.807, 2.05) is 0 Å². The van der Waals surface area contributed by atoms with Crippen molar-refractivity contribution in [3.8, 4) is 0 Å². The van der Waals surface area contributed by atoms with Crippen molar-refractivity contribution in [1.82, 2.24) is 0 Å². The molecule has 0 amide bonds. The molecule has 77 heavy (non-hydrogen) atoms. The molecule has 0 saturated heterocycles. The second-order valence-electron chi connectivity index (χ2n) is 22.7. The molecule has 1 unspecified atom stereocenters. The van der Waals surface area contributed by atoms with Gasteiger partial charge in [0.2, 0.25) is 0 Å². The lowest BCUT2D eigenvalue weighted by molar-refractivity contribution is -0.167. The molecule has 0 fully saturated rings. The highest BCUT2D eigenvalue weighted by atomic mass is 16.6. The lowest BCUT2D eigenvalue weighted by Gasteiger charge is -2.18. The number of unbranched alkanes of at least 4 members (excludes halogenated alkanes) is 41.